The monoisotopic (exact) mass is 294 g/mol. The van der Waals surface area contributed by atoms with Crippen LogP contribution in [0.1, 0.15) is 62.9 Å². The molecule has 1 saturated carbocycles. The maximum Gasteiger partial charge on any atom is 0.311 e. The van der Waals surface area contributed by atoms with Crippen molar-refractivity contribution in [3.63, 3.8) is 0 Å². The number of carbonyl (C=O) groups is 2. The van der Waals surface area contributed by atoms with E-state index < -0.39 is 17.3 Å². The van der Waals surface area contributed by atoms with E-state index in [-0.39, 0.29) is 17.8 Å². The van der Waals surface area contributed by atoms with Crippen LogP contribution >= 0.6 is 0 Å². The number of H-pyrrole nitrogens is 1. The first-order valence-electron chi connectivity index (χ1n) is 7.19. The van der Waals surface area contributed by atoms with Gasteiger partial charge in [-0.3, -0.25) is 14.7 Å². The highest BCUT2D eigenvalue weighted by molar-refractivity contribution is 5.90. The zero-order valence-corrected chi connectivity index (χ0v) is 12.7. The van der Waals surface area contributed by atoms with Crippen LogP contribution in [0.2, 0.25) is 0 Å². The van der Waals surface area contributed by atoms with Gasteiger partial charge in [-0.2, -0.15) is 0 Å². The third-order valence-corrected chi connectivity index (χ3v) is 4.00. The maximum absolute atomic E-state index is 12.1. The van der Waals surface area contributed by atoms with E-state index in [0.29, 0.717) is 18.7 Å². The van der Waals surface area contributed by atoms with Crippen molar-refractivity contribution in [2.24, 2.45) is 5.41 Å². The van der Waals surface area contributed by atoms with E-state index >= 15 is 0 Å². The Hall–Kier alpha value is -1.92. The van der Waals surface area contributed by atoms with E-state index in [4.69, 9.17) is 0 Å². The minimum Gasteiger partial charge on any atom is -0.481 e. The number of aliphatic carboxylic acids is 1. The Morgan fingerprint density at radius 3 is 2.43 bits per heavy atom. The van der Waals surface area contributed by atoms with Crippen molar-refractivity contribution in [2.45, 2.75) is 51.9 Å². The first-order chi connectivity index (χ1) is 9.74. The Labute approximate surface area is 123 Å². The molecule has 1 heterocycles. The fourth-order valence-electron chi connectivity index (χ4n) is 2.55. The lowest BCUT2D eigenvalue weighted by Gasteiger charge is -2.23. The fourth-order valence-corrected chi connectivity index (χ4v) is 2.55. The minimum atomic E-state index is -0.842. The van der Waals surface area contributed by atoms with E-state index in [1.54, 1.807) is 0 Å². The van der Waals surface area contributed by atoms with Crippen LogP contribution in [0.3, 0.4) is 0 Å². The average molecular weight is 294 g/mol. The van der Waals surface area contributed by atoms with E-state index in [0.717, 1.165) is 12.8 Å². The van der Waals surface area contributed by atoms with E-state index in [9.17, 15) is 14.7 Å². The molecule has 0 aromatic carbocycles. The molecular weight excluding hydrogens is 272 g/mol. The third kappa shape index (κ3) is 3.22. The van der Waals surface area contributed by atoms with Crippen molar-refractivity contribution >= 4 is 11.9 Å². The molecule has 1 aliphatic carbocycles. The predicted octanol–water partition coefficient (Wildman–Crippen LogP) is 1.48. The molecule has 0 unspecified atom stereocenters. The first kappa shape index (κ1) is 15.5. The average Bonchev–Trinajstić information content (AvgIpc) is 3.05. The third-order valence-electron chi connectivity index (χ3n) is 4.00. The lowest BCUT2D eigenvalue weighted by molar-refractivity contribution is -0.148. The number of nitrogens with one attached hydrogen (secondary N) is 2. The molecule has 1 fully saturated rings. The topological polar surface area (TPSA) is 108 Å². The summed E-state index contributed by atoms with van der Waals surface area (Å²) >= 11 is 0. The Kier molecular flexibility index (Phi) is 4.02. The summed E-state index contributed by atoms with van der Waals surface area (Å²) in [4.78, 5) is 27.6. The molecule has 0 bridgehead atoms. The molecule has 21 heavy (non-hydrogen) atoms. The summed E-state index contributed by atoms with van der Waals surface area (Å²) in [5.41, 5.74) is -1.06. The molecule has 0 aliphatic heterocycles. The molecular formula is C14H22N4O3. The lowest BCUT2D eigenvalue weighted by Crippen LogP contribution is -2.41. The van der Waals surface area contributed by atoms with Gasteiger partial charge in [0.15, 0.2) is 0 Å². The van der Waals surface area contributed by atoms with Crippen LogP contribution in [-0.4, -0.2) is 38.7 Å². The summed E-state index contributed by atoms with van der Waals surface area (Å²) in [5.74, 6) is -0.597. The number of aromatic amines is 1. The standard InChI is InChI=1S/C14H22N4O3/c1-13(2,3)11-16-9(17-18-11)10(19)15-8-14(12(20)21)6-4-5-7-14/h4-8H2,1-3H3,(H,15,19)(H,20,21)(H,16,17,18). The highest BCUT2D eigenvalue weighted by Crippen LogP contribution is 2.37. The van der Waals surface area contributed by atoms with Gasteiger partial charge < -0.3 is 10.4 Å². The van der Waals surface area contributed by atoms with Gasteiger partial charge in [-0.05, 0) is 12.8 Å². The Bertz CT molecular complexity index is 539. The number of carboxylic acid groups (broad SMARTS) is 1. The zero-order chi connectivity index (χ0) is 15.7. The van der Waals surface area contributed by atoms with Crippen molar-refractivity contribution in [2.75, 3.05) is 6.54 Å². The molecule has 0 radical (unpaired) electrons. The molecule has 7 heteroatoms. The van der Waals surface area contributed by atoms with Crippen LogP contribution in [0.15, 0.2) is 0 Å². The highest BCUT2D eigenvalue weighted by Gasteiger charge is 2.41. The Morgan fingerprint density at radius 1 is 1.33 bits per heavy atom. The van der Waals surface area contributed by atoms with Crippen molar-refractivity contribution in [1.82, 2.24) is 20.5 Å². The largest absolute Gasteiger partial charge is 0.481 e. The SMILES string of the molecule is CC(C)(C)c1nc(C(=O)NCC2(C(=O)O)CCCC2)n[nH]1. The van der Waals surface area contributed by atoms with Crippen molar-refractivity contribution in [3.8, 4) is 0 Å². The second kappa shape index (κ2) is 5.46. The Morgan fingerprint density at radius 2 is 1.95 bits per heavy atom. The number of amides is 1. The fraction of sp³-hybridized carbons (Fsp3) is 0.714. The van der Waals surface area contributed by atoms with Gasteiger partial charge in [0.25, 0.3) is 5.91 Å². The van der Waals surface area contributed by atoms with E-state index in [2.05, 4.69) is 20.5 Å². The normalized spacial score (nSPS) is 17.7. The van der Waals surface area contributed by atoms with Gasteiger partial charge in [-0.1, -0.05) is 33.6 Å². The molecule has 1 aromatic rings. The van der Waals surface area contributed by atoms with Gasteiger partial charge in [0.1, 0.15) is 5.82 Å². The summed E-state index contributed by atoms with van der Waals surface area (Å²) in [7, 11) is 0. The van der Waals surface area contributed by atoms with Crippen LogP contribution in [0, 0.1) is 5.41 Å². The number of aromatic nitrogens is 3. The molecule has 1 amide bonds. The number of carbonyl (C=O) groups excluding carboxylic acids is 1. The lowest BCUT2D eigenvalue weighted by atomic mass is 9.86. The van der Waals surface area contributed by atoms with Gasteiger partial charge in [0, 0.05) is 12.0 Å². The van der Waals surface area contributed by atoms with Crippen molar-refractivity contribution in [3.05, 3.63) is 11.6 Å². The van der Waals surface area contributed by atoms with Crippen LogP contribution in [0.5, 0.6) is 0 Å². The summed E-state index contributed by atoms with van der Waals surface area (Å²) in [6, 6.07) is 0. The molecule has 0 saturated heterocycles. The van der Waals surface area contributed by atoms with Gasteiger partial charge in [0.05, 0.1) is 5.41 Å². The molecule has 116 valence electrons. The minimum absolute atomic E-state index is 0.0541. The first-order valence-corrected chi connectivity index (χ1v) is 7.19. The number of hydrogen-bond donors (Lipinski definition) is 3. The van der Waals surface area contributed by atoms with Crippen LogP contribution in [0.25, 0.3) is 0 Å². The van der Waals surface area contributed by atoms with Gasteiger partial charge >= 0.3 is 5.97 Å². The number of nitrogens with zero attached hydrogens (tertiary/aromatic N) is 2. The van der Waals surface area contributed by atoms with Crippen molar-refractivity contribution in [1.29, 1.82) is 0 Å². The Balaban J connectivity index is 2.02. The molecule has 3 N–H and O–H groups in total. The highest BCUT2D eigenvalue weighted by atomic mass is 16.4. The van der Waals surface area contributed by atoms with Gasteiger partial charge in [-0.15, -0.1) is 5.10 Å². The maximum atomic E-state index is 12.1. The van der Waals surface area contributed by atoms with Gasteiger partial charge in [-0.25, -0.2) is 4.98 Å². The van der Waals surface area contributed by atoms with Crippen molar-refractivity contribution < 1.29 is 14.7 Å². The van der Waals surface area contributed by atoms with Crippen LogP contribution in [0.4, 0.5) is 0 Å². The number of hydrogen-bond acceptors (Lipinski definition) is 4. The van der Waals surface area contributed by atoms with E-state index in [1.807, 2.05) is 20.8 Å². The summed E-state index contributed by atoms with van der Waals surface area (Å²) in [6.07, 6.45) is 2.97. The summed E-state index contributed by atoms with van der Waals surface area (Å²) < 4.78 is 0. The van der Waals surface area contributed by atoms with Gasteiger partial charge in [0.2, 0.25) is 5.82 Å². The summed E-state index contributed by atoms with van der Waals surface area (Å²) in [6.45, 7) is 6.02. The van der Waals surface area contributed by atoms with Crippen LogP contribution in [-0.2, 0) is 10.2 Å². The molecule has 1 aliphatic rings. The second-order valence-electron chi connectivity index (χ2n) is 6.73. The predicted molar refractivity (Wildman–Crippen MR) is 76.0 cm³/mol. The second-order valence-corrected chi connectivity index (χ2v) is 6.73. The smallest absolute Gasteiger partial charge is 0.311 e. The number of carboxylic acids is 1. The molecule has 2 rings (SSSR count). The molecule has 0 atom stereocenters. The quantitative estimate of drug-likeness (QED) is 0.779. The van der Waals surface area contributed by atoms with E-state index in [1.165, 1.54) is 0 Å². The zero-order valence-electron chi connectivity index (χ0n) is 12.7. The number of rotatable bonds is 4. The summed E-state index contributed by atoms with van der Waals surface area (Å²) in [5, 5.41) is 18.7. The molecule has 0 spiro atoms. The molecule has 1 aromatic heterocycles. The molecule has 7 nitrogen and oxygen atoms in total. The van der Waals surface area contributed by atoms with Crippen LogP contribution < -0.4 is 5.32 Å².